The van der Waals surface area contributed by atoms with Gasteiger partial charge in [-0.2, -0.15) is 0 Å². The molecule has 0 amide bonds. The molecule has 0 unspecified atom stereocenters. The summed E-state index contributed by atoms with van der Waals surface area (Å²) in [5, 5.41) is 0. The number of hydrogen-bond donors (Lipinski definition) is 0. The van der Waals surface area contributed by atoms with Crippen LogP contribution in [0, 0.1) is 0 Å². The highest BCUT2D eigenvalue weighted by atomic mass is 16.5. The zero-order valence-electron chi connectivity index (χ0n) is 7.13. The number of allylic oxidation sites excluding steroid dienone is 3. The third-order valence-corrected chi connectivity index (χ3v) is 1.71. The monoisotopic (exact) mass is 150 g/mol. The summed E-state index contributed by atoms with van der Waals surface area (Å²) in [7, 11) is 0. The fourth-order valence-corrected chi connectivity index (χ4v) is 1.27. The minimum Gasteiger partial charge on any atom is -0.490 e. The first kappa shape index (κ1) is 8.12. The Labute approximate surface area is 68.1 Å². The van der Waals surface area contributed by atoms with Crippen molar-refractivity contribution in [2.24, 2.45) is 0 Å². The van der Waals surface area contributed by atoms with Crippen molar-refractivity contribution in [3.63, 3.8) is 0 Å². The minimum absolute atomic E-state index is 0.314. The van der Waals surface area contributed by atoms with E-state index < -0.39 is 0 Å². The summed E-state index contributed by atoms with van der Waals surface area (Å²) < 4.78 is 5.49. The molecule has 0 saturated carbocycles. The Bertz CT molecular complexity index is 211. The van der Waals surface area contributed by atoms with Crippen molar-refractivity contribution in [3.05, 3.63) is 36.1 Å². The lowest BCUT2D eigenvalue weighted by Crippen LogP contribution is -1.96. The van der Waals surface area contributed by atoms with E-state index in [2.05, 4.69) is 19.6 Å². The van der Waals surface area contributed by atoms with Gasteiger partial charge in [0.1, 0.15) is 11.9 Å². The molecule has 0 aromatic carbocycles. The van der Waals surface area contributed by atoms with E-state index in [0.29, 0.717) is 6.10 Å². The van der Waals surface area contributed by atoms with Crippen LogP contribution in [0.2, 0.25) is 0 Å². The molecule has 11 heavy (non-hydrogen) atoms. The van der Waals surface area contributed by atoms with Crippen LogP contribution in [0.1, 0.15) is 20.3 Å². The zero-order valence-corrected chi connectivity index (χ0v) is 7.13. The summed E-state index contributed by atoms with van der Waals surface area (Å²) in [6, 6.07) is 0. The highest BCUT2D eigenvalue weighted by Crippen LogP contribution is 2.25. The molecular formula is C10H14O. The SMILES string of the molecule is C=CC1=C(/C=C\C)C[C@@H](C)O1. The van der Waals surface area contributed by atoms with Crippen LogP contribution < -0.4 is 0 Å². The molecule has 0 aromatic heterocycles. The molecule has 1 heteroatoms. The average molecular weight is 150 g/mol. The van der Waals surface area contributed by atoms with Gasteiger partial charge in [0, 0.05) is 6.42 Å². The number of ether oxygens (including phenoxy) is 1. The Morgan fingerprint density at radius 3 is 2.91 bits per heavy atom. The maximum atomic E-state index is 5.49. The largest absolute Gasteiger partial charge is 0.490 e. The molecule has 1 atom stereocenters. The number of rotatable bonds is 2. The zero-order chi connectivity index (χ0) is 8.27. The van der Waals surface area contributed by atoms with Gasteiger partial charge in [-0.1, -0.05) is 18.7 Å². The molecule has 1 aliphatic rings. The standard InChI is InChI=1S/C10H14O/c1-4-6-9-7-8(3)11-10(9)5-2/h4-6,8H,2,7H2,1,3H3/b6-4-/t8-/m1/s1. The van der Waals surface area contributed by atoms with E-state index >= 15 is 0 Å². The maximum absolute atomic E-state index is 5.49. The van der Waals surface area contributed by atoms with Gasteiger partial charge in [0.15, 0.2) is 0 Å². The van der Waals surface area contributed by atoms with Gasteiger partial charge in [-0.05, 0) is 25.5 Å². The second kappa shape index (κ2) is 3.42. The normalized spacial score (nSPS) is 24.4. The molecule has 0 fully saturated rings. The van der Waals surface area contributed by atoms with Crippen molar-refractivity contribution in [2.45, 2.75) is 26.4 Å². The molecule has 1 heterocycles. The van der Waals surface area contributed by atoms with E-state index in [-0.39, 0.29) is 0 Å². The molecule has 0 saturated heterocycles. The van der Waals surface area contributed by atoms with Gasteiger partial charge in [0.25, 0.3) is 0 Å². The highest BCUT2D eigenvalue weighted by molar-refractivity contribution is 5.31. The van der Waals surface area contributed by atoms with E-state index in [4.69, 9.17) is 4.74 Å². The molecule has 0 spiro atoms. The van der Waals surface area contributed by atoms with Gasteiger partial charge in [0.2, 0.25) is 0 Å². The van der Waals surface area contributed by atoms with Gasteiger partial charge >= 0.3 is 0 Å². The van der Waals surface area contributed by atoms with Crippen molar-refractivity contribution in [3.8, 4) is 0 Å². The smallest absolute Gasteiger partial charge is 0.122 e. The molecule has 1 aliphatic heterocycles. The lowest BCUT2D eigenvalue weighted by Gasteiger charge is -2.02. The fourth-order valence-electron chi connectivity index (χ4n) is 1.27. The first-order chi connectivity index (χ1) is 5.27. The predicted molar refractivity (Wildman–Crippen MR) is 47.2 cm³/mol. The van der Waals surface area contributed by atoms with Gasteiger partial charge in [-0.15, -0.1) is 0 Å². The van der Waals surface area contributed by atoms with Crippen molar-refractivity contribution < 1.29 is 4.74 Å². The topological polar surface area (TPSA) is 9.23 Å². The highest BCUT2D eigenvalue weighted by Gasteiger charge is 2.17. The maximum Gasteiger partial charge on any atom is 0.122 e. The third-order valence-electron chi connectivity index (χ3n) is 1.71. The quantitative estimate of drug-likeness (QED) is 0.588. The first-order valence-corrected chi connectivity index (χ1v) is 3.93. The lowest BCUT2D eigenvalue weighted by atomic mass is 10.1. The molecule has 0 radical (unpaired) electrons. The van der Waals surface area contributed by atoms with Gasteiger partial charge in [-0.3, -0.25) is 0 Å². The Morgan fingerprint density at radius 2 is 2.36 bits per heavy atom. The van der Waals surface area contributed by atoms with Crippen molar-refractivity contribution in [1.82, 2.24) is 0 Å². The molecule has 0 aromatic rings. The summed E-state index contributed by atoms with van der Waals surface area (Å²) in [5.41, 5.74) is 1.26. The van der Waals surface area contributed by atoms with Crippen molar-refractivity contribution in [2.75, 3.05) is 0 Å². The van der Waals surface area contributed by atoms with E-state index in [9.17, 15) is 0 Å². The summed E-state index contributed by atoms with van der Waals surface area (Å²) in [6.45, 7) is 7.77. The fraction of sp³-hybridized carbons (Fsp3) is 0.400. The molecule has 60 valence electrons. The molecule has 0 bridgehead atoms. The third kappa shape index (κ3) is 1.73. The molecule has 1 rings (SSSR count). The first-order valence-electron chi connectivity index (χ1n) is 3.93. The lowest BCUT2D eigenvalue weighted by molar-refractivity contribution is 0.170. The van der Waals surface area contributed by atoms with Crippen molar-refractivity contribution >= 4 is 0 Å². The van der Waals surface area contributed by atoms with Gasteiger partial charge < -0.3 is 4.74 Å². The van der Waals surface area contributed by atoms with Crippen LogP contribution in [0.25, 0.3) is 0 Å². The summed E-state index contributed by atoms with van der Waals surface area (Å²) >= 11 is 0. The number of hydrogen-bond acceptors (Lipinski definition) is 1. The van der Waals surface area contributed by atoms with Crippen LogP contribution in [-0.4, -0.2) is 6.10 Å². The van der Waals surface area contributed by atoms with Crippen LogP contribution in [0.3, 0.4) is 0 Å². The minimum atomic E-state index is 0.314. The van der Waals surface area contributed by atoms with Crippen LogP contribution in [0.4, 0.5) is 0 Å². The molecule has 0 aliphatic carbocycles. The molecule has 1 nitrogen and oxygen atoms in total. The Balaban J connectivity index is 2.79. The van der Waals surface area contributed by atoms with E-state index in [1.54, 1.807) is 6.08 Å². The Kier molecular flexibility index (Phi) is 2.53. The predicted octanol–water partition coefficient (Wildman–Crippen LogP) is 2.81. The van der Waals surface area contributed by atoms with Crippen LogP contribution >= 0.6 is 0 Å². The van der Waals surface area contributed by atoms with E-state index in [1.165, 1.54) is 5.57 Å². The second-order valence-electron chi connectivity index (χ2n) is 2.73. The summed E-state index contributed by atoms with van der Waals surface area (Å²) in [4.78, 5) is 0. The van der Waals surface area contributed by atoms with Crippen LogP contribution in [-0.2, 0) is 4.74 Å². The average Bonchev–Trinajstić information content (AvgIpc) is 2.32. The van der Waals surface area contributed by atoms with Crippen molar-refractivity contribution in [1.29, 1.82) is 0 Å². The Hall–Kier alpha value is -0.980. The summed E-state index contributed by atoms with van der Waals surface area (Å²) in [5.74, 6) is 0.940. The Morgan fingerprint density at radius 1 is 1.64 bits per heavy atom. The van der Waals surface area contributed by atoms with E-state index in [1.807, 2.05) is 13.0 Å². The second-order valence-corrected chi connectivity index (χ2v) is 2.73. The van der Waals surface area contributed by atoms with Gasteiger partial charge in [-0.25, -0.2) is 0 Å². The summed E-state index contributed by atoms with van der Waals surface area (Å²) in [6.07, 6.45) is 7.21. The molecule has 0 N–H and O–H groups in total. The van der Waals surface area contributed by atoms with E-state index in [0.717, 1.165) is 12.2 Å². The molecular weight excluding hydrogens is 136 g/mol. The van der Waals surface area contributed by atoms with Crippen LogP contribution in [0.15, 0.2) is 36.1 Å². The van der Waals surface area contributed by atoms with Gasteiger partial charge in [0.05, 0.1) is 0 Å². The van der Waals surface area contributed by atoms with Crippen LogP contribution in [0.5, 0.6) is 0 Å².